The first-order chi connectivity index (χ1) is 18.5. The number of nitrogens with zero attached hydrogens (tertiary/aromatic N) is 4. The zero-order valence-electron chi connectivity index (χ0n) is 21.8. The Morgan fingerprint density at radius 1 is 0.921 bits per heavy atom. The van der Waals surface area contributed by atoms with Crippen LogP contribution in [0.25, 0.3) is 10.9 Å². The third kappa shape index (κ3) is 5.85. The minimum atomic E-state index is -0.306. The van der Waals surface area contributed by atoms with Crippen LogP contribution in [0.2, 0.25) is 0 Å². The molecular formula is C30H33FN6O. The number of urea groups is 1. The van der Waals surface area contributed by atoms with Crippen LogP contribution in [0.5, 0.6) is 0 Å². The molecular weight excluding hydrogens is 479 g/mol. The van der Waals surface area contributed by atoms with Gasteiger partial charge >= 0.3 is 6.03 Å². The molecule has 0 unspecified atom stereocenters. The molecule has 2 N–H and O–H groups in total. The summed E-state index contributed by atoms with van der Waals surface area (Å²) in [5.74, 6) is 1.26. The van der Waals surface area contributed by atoms with Gasteiger partial charge in [-0.3, -0.25) is 0 Å². The SMILES string of the molecule is CN(C)c1nc(N(c2ccccc2)C2CCC(NC(=O)NCc3cccc(F)c3)CC2)nc2ccccc12. The Hall–Kier alpha value is -4.20. The summed E-state index contributed by atoms with van der Waals surface area (Å²) in [4.78, 5) is 26.8. The van der Waals surface area contributed by atoms with E-state index < -0.39 is 0 Å². The predicted molar refractivity (Wildman–Crippen MR) is 150 cm³/mol. The lowest BCUT2D eigenvalue weighted by atomic mass is 9.90. The molecule has 7 nitrogen and oxygen atoms in total. The van der Waals surface area contributed by atoms with Crippen LogP contribution in [-0.4, -0.2) is 42.2 Å². The van der Waals surface area contributed by atoms with E-state index in [-0.39, 0.29) is 30.5 Å². The standard InChI is InChI=1S/C30H33FN6O/c1-36(2)28-26-13-6-7-14-27(26)34-29(35-28)37(24-11-4-3-5-12-24)25-17-15-23(16-18-25)33-30(38)32-20-21-9-8-10-22(31)19-21/h3-14,19,23,25H,15-18,20H2,1-2H3,(H2,32,33,38). The van der Waals surface area contributed by atoms with Gasteiger partial charge in [0.25, 0.3) is 0 Å². The van der Waals surface area contributed by atoms with Gasteiger partial charge in [0.15, 0.2) is 0 Å². The van der Waals surface area contributed by atoms with Crippen molar-refractivity contribution in [2.45, 2.75) is 44.3 Å². The highest BCUT2D eigenvalue weighted by atomic mass is 19.1. The second-order valence-electron chi connectivity index (χ2n) is 9.93. The summed E-state index contributed by atoms with van der Waals surface area (Å²) in [6, 6.07) is 24.7. The van der Waals surface area contributed by atoms with Gasteiger partial charge < -0.3 is 20.4 Å². The highest BCUT2D eigenvalue weighted by molar-refractivity contribution is 5.90. The van der Waals surface area contributed by atoms with E-state index in [0.717, 1.165) is 53.7 Å². The predicted octanol–water partition coefficient (Wildman–Crippen LogP) is 5.78. The summed E-state index contributed by atoms with van der Waals surface area (Å²) >= 11 is 0. The van der Waals surface area contributed by atoms with Crippen LogP contribution in [0.1, 0.15) is 31.2 Å². The quantitative estimate of drug-likeness (QED) is 0.328. The van der Waals surface area contributed by atoms with Gasteiger partial charge in [-0.25, -0.2) is 14.2 Å². The van der Waals surface area contributed by atoms with Gasteiger partial charge in [0.1, 0.15) is 11.6 Å². The molecule has 1 heterocycles. The summed E-state index contributed by atoms with van der Waals surface area (Å²) in [5, 5.41) is 6.95. The molecule has 1 saturated carbocycles. The highest BCUT2D eigenvalue weighted by Crippen LogP contribution is 2.35. The molecule has 8 heteroatoms. The number of anilines is 3. The molecule has 0 spiro atoms. The maximum absolute atomic E-state index is 13.4. The van der Waals surface area contributed by atoms with E-state index in [1.54, 1.807) is 12.1 Å². The first kappa shape index (κ1) is 25.4. The number of nitrogens with one attached hydrogen (secondary N) is 2. The van der Waals surface area contributed by atoms with E-state index in [0.29, 0.717) is 5.95 Å². The number of fused-ring (bicyclic) bond motifs is 1. The molecule has 0 bridgehead atoms. The lowest BCUT2D eigenvalue weighted by Gasteiger charge is -2.37. The molecule has 0 atom stereocenters. The third-order valence-electron chi connectivity index (χ3n) is 6.98. The van der Waals surface area contributed by atoms with Gasteiger partial charge in [0.2, 0.25) is 5.95 Å². The summed E-state index contributed by atoms with van der Waals surface area (Å²) in [5.41, 5.74) is 2.69. The summed E-state index contributed by atoms with van der Waals surface area (Å²) in [7, 11) is 4.00. The molecule has 4 aromatic rings. The van der Waals surface area contributed by atoms with Crippen molar-refractivity contribution in [1.29, 1.82) is 0 Å². The van der Waals surface area contributed by atoms with Gasteiger partial charge in [-0.2, -0.15) is 4.98 Å². The van der Waals surface area contributed by atoms with Crippen LogP contribution in [0.15, 0.2) is 78.9 Å². The summed E-state index contributed by atoms with van der Waals surface area (Å²) in [6.45, 7) is 0.286. The summed E-state index contributed by atoms with van der Waals surface area (Å²) in [6.07, 6.45) is 3.46. The summed E-state index contributed by atoms with van der Waals surface area (Å²) < 4.78 is 13.4. The monoisotopic (exact) mass is 512 g/mol. The van der Waals surface area contributed by atoms with Crippen LogP contribution in [-0.2, 0) is 6.54 Å². The molecule has 196 valence electrons. The lowest BCUT2D eigenvalue weighted by Crippen LogP contribution is -2.46. The molecule has 1 aliphatic rings. The number of halogens is 1. The maximum atomic E-state index is 13.4. The molecule has 1 aromatic heterocycles. The number of hydrogen-bond donors (Lipinski definition) is 2. The molecule has 3 aromatic carbocycles. The van der Waals surface area contributed by atoms with Crippen LogP contribution in [0, 0.1) is 5.82 Å². The van der Waals surface area contributed by atoms with E-state index >= 15 is 0 Å². The van der Waals surface area contributed by atoms with Crippen LogP contribution < -0.4 is 20.4 Å². The van der Waals surface area contributed by atoms with Crippen molar-refractivity contribution >= 4 is 34.4 Å². The highest BCUT2D eigenvalue weighted by Gasteiger charge is 2.30. The number of carbonyl (C=O) groups is 1. The van der Waals surface area contributed by atoms with E-state index in [2.05, 4.69) is 33.7 Å². The molecule has 1 aliphatic carbocycles. The van der Waals surface area contributed by atoms with Crippen molar-refractivity contribution in [1.82, 2.24) is 20.6 Å². The molecule has 1 fully saturated rings. The topological polar surface area (TPSA) is 73.4 Å². The first-order valence-corrected chi connectivity index (χ1v) is 13.0. The Kier molecular flexibility index (Phi) is 7.67. The second kappa shape index (κ2) is 11.5. The molecule has 2 amide bonds. The van der Waals surface area contributed by atoms with E-state index in [1.807, 2.05) is 55.4 Å². The van der Waals surface area contributed by atoms with Crippen LogP contribution in [0.4, 0.5) is 26.6 Å². The van der Waals surface area contributed by atoms with Crippen molar-refractivity contribution in [3.63, 3.8) is 0 Å². The number of benzene rings is 3. The van der Waals surface area contributed by atoms with Gasteiger partial charge in [-0.05, 0) is 67.6 Å². The fraction of sp³-hybridized carbons (Fsp3) is 0.300. The molecule has 0 aliphatic heterocycles. The Labute approximate surface area is 222 Å². The number of para-hydroxylation sites is 2. The van der Waals surface area contributed by atoms with Gasteiger partial charge in [0.05, 0.1) is 5.52 Å². The molecule has 0 radical (unpaired) electrons. The Balaban J connectivity index is 1.30. The average Bonchev–Trinajstić information content (AvgIpc) is 2.93. The van der Waals surface area contributed by atoms with Crippen molar-refractivity contribution in [2.24, 2.45) is 0 Å². The lowest BCUT2D eigenvalue weighted by molar-refractivity contribution is 0.230. The number of amides is 2. The van der Waals surface area contributed by atoms with Crippen molar-refractivity contribution in [2.75, 3.05) is 23.9 Å². The van der Waals surface area contributed by atoms with E-state index in [4.69, 9.17) is 9.97 Å². The number of hydrogen-bond acceptors (Lipinski definition) is 5. The molecule has 38 heavy (non-hydrogen) atoms. The van der Waals surface area contributed by atoms with Gasteiger partial charge in [-0.15, -0.1) is 0 Å². The largest absolute Gasteiger partial charge is 0.362 e. The average molecular weight is 513 g/mol. The van der Waals surface area contributed by atoms with E-state index in [1.165, 1.54) is 12.1 Å². The Morgan fingerprint density at radius 2 is 1.66 bits per heavy atom. The first-order valence-electron chi connectivity index (χ1n) is 13.0. The van der Waals surface area contributed by atoms with Crippen LogP contribution >= 0.6 is 0 Å². The van der Waals surface area contributed by atoms with Crippen LogP contribution in [0.3, 0.4) is 0 Å². The normalized spacial score (nSPS) is 17.1. The minimum absolute atomic E-state index is 0.0752. The number of carbonyl (C=O) groups excluding carboxylic acids is 1. The fourth-order valence-corrected chi connectivity index (χ4v) is 5.12. The Morgan fingerprint density at radius 3 is 2.39 bits per heavy atom. The van der Waals surface area contributed by atoms with Gasteiger partial charge in [0, 0.05) is 43.8 Å². The smallest absolute Gasteiger partial charge is 0.315 e. The van der Waals surface area contributed by atoms with Crippen molar-refractivity contribution in [3.05, 3.63) is 90.2 Å². The molecule has 5 rings (SSSR count). The molecule has 0 saturated heterocycles. The zero-order valence-corrected chi connectivity index (χ0v) is 21.8. The zero-order chi connectivity index (χ0) is 26.5. The van der Waals surface area contributed by atoms with Crippen molar-refractivity contribution < 1.29 is 9.18 Å². The van der Waals surface area contributed by atoms with Crippen molar-refractivity contribution in [3.8, 4) is 0 Å². The Bertz CT molecular complexity index is 1390. The number of aromatic nitrogens is 2. The van der Waals surface area contributed by atoms with Gasteiger partial charge in [-0.1, -0.05) is 42.5 Å². The number of rotatable bonds is 7. The fourth-order valence-electron chi connectivity index (χ4n) is 5.12. The maximum Gasteiger partial charge on any atom is 0.315 e. The minimum Gasteiger partial charge on any atom is -0.362 e. The second-order valence-corrected chi connectivity index (χ2v) is 9.93. The third-order valence-corrected chi connectivity index (χ3v) is 6.98. The van der Waals surface area contributed by atoms with E-state index in [9.17, 15) is 9.18 Å².